The molecule has 0 amide bonds. The Morgan fingerprint density at radius 3 is 2.89 bits per heavy atom. The van der Waals surface area contributed by atoms with E-state index in [0.29, 0.717) is 0 Å². The van der Waals surface area contributed by atoms with Crippen molar-refractivity contribution in [3.63, 3.8) is 0 Å². The Balaban J connectivity index is 2.26. The maximum atomic E-state index is 6.32. The molecule has 96 valence electrons. The summed E-state index contributed by atoms with van der Waals surface area (Å²) < 4.78 is 1.95. The summed E-state index contributed by atoms with van der Waals surface area (Å²) in [5.41, 5.74) is 9.72. The van der Waals surface area contributed by atoms with E-state index in [9.17, 15) is 0 Å². The number of rotatable bonds is 5. The molecule has 0 fully saturated rings. The zero-order chi connectivity index (χ0) is 13.0. The molecule has 0 bridgehead atoms. The SMILES string of the molecule is CCCn1cc(C(N)c2ccncc2CC)cn1. The fraction of sp³-hybridized carbons (Fsp3) is 0.429. The first kappa shape index (κ1) is 12.8. The molecule has 2 aromatic rings. The van der Waals surface area contributed by atoms with Crippen molar-refractivity contribution in [1.82, 2.24) is 14.8 Å². The van der Waals surface area contributed by atoms with Crippen LogP contribution in [0.3, 0.4) is 0 Å². The summed E-state index contributed by atoms with van der Waals surface area (Å²) in [6.07, 6.45) is 9.61. The van der Waals surface area contributed by atoms with Crippen LogP contribution in [0.2, 0.25) is 0 Å². The Morgan fingerprint density at radius 1 is 1.33 bits per heavy atom. The average Bonchev–Trinajstić information content (AvgIpc) is 2.87. The molecule has 0 saturated carbocycles. The van der Waals surface area contributed by atoms with Gasteiger partial charge < -0.3 is 5.73 Å². The van der Waals surface area contributed by atoms with Crippen LogP contribution in [0.5, 0.6) is 0 Å². The van der Waals surface area contributed by atoms with Gasteiger partial charge in [0.05, 0.1) is 12.2 Å². The third kappa shape index (κ3) is 2.59. The minimum absolute atomic E-state index is 0.117. The van der Waals surface area contributed by atoms with Gasteiger partial charge in [0.25, 0.3) is 0 Å². The second-order valence-corrected chi connectivity index (χ2v) is 4.44. The van der Waals surface area contributed by atoms with Crippen molar-refractivity contribution in [2.75, 3.05) is 0 Å². The molecule has 2 aromatic heterocycles. The van der Waals surface area contributed by atoms with Crippen molar-refractivity contribution in [2.45, 2.75) is 39.3 Å². The molecule has 0 aliphatic carbocycles. The highest BCUT2D eigenvalue weighted by atomic mass is 15.3. The molecule has 0 spiro atoms. The fourth-order valence-corrected chi connectivity index (χ4v) is 2.11. The van der Waals surface area contributed by atoms with E-state index in [4.69, 9.17) is 5.73 Å². The molecule has 1 atom stereocenters. The smallest absolute Gasteiger partial charge is 0.0586 e. The molecule has 18 heavy (non-hydrogen) atoms. The lowest BCUT2D eigenvalue weighted by Gasteiger charge is -2.13. The maximum Gasteiger partial charge on any atom is 0.0586 e. The molecule has 1 unspecified atom stereocenters. The highest BCUT2D eigenvalue weighted by Gasteiger charge is 2.14. The van der Waals surface area contributed by atoms with E-state index in [1.54, 1.807) is 6.20 Å². The molecule has 2 N–H and O–H groups in total. The molecular weight excluding hydrogens is 224 g/mol. The molecule has 0 radical (unpaired) electrons. The number of nitrogens with two attached hydrogens (primary N) is 1. The predicted molar refractivity (Wildman–Crippen MR) is 72.2 cm³/mol. The zero-order valence-electron chi connectivity index (χ0n) is 11.0. The van der Waals surface area contributed by atoms with Crippen molar-refractivity contribution in [3.05, 3.63) is 47.5 Å². The van der Waals surface area contributed by atoms with E-state index in [1.807, 2.05) is 29.3 Å². The topological polar surface area (TPSA) is 56.7 Å². The van der Waals surface area contributed by atoms with Crippen molar-refractivity contribution in [3.8, 4) is 0 Å². The Morgan fingerprint density at radius 2 is 2.17 bits per heavy atom. The van der Waals surface area contributed by atoms with Crippen molar-refractivity contribution in [1.29, 1.82) is 0 Å². The molecule has 4 heteroatoms. The second kappa shape index (κ2) is 5.78. The second-order valence-electron chi connectivity index (χ2n) is 4.44. The van der Waals surface area contributed by atoms with Crippen LogP contribution in [-0.2, 0) is 13.0 Å². The van der Waals surface area contributed by atoms with E-state index in [2.05, 4.69) is 23.9 Å². The molecule has 0 saturated heterocycles. The lowest BCUT2D eigenvalue weighted by atomic mass is 9.98. The number of pyridine rings is 1. The minimum Gasteiger partial charge on any atom is -0.320 e. The monoisotopic (exact) mass is 244 g/mol. The van der Waals surface area contributed by atoms with Crippen LogP contribution in [0, 0.1) is 0 Å². The first-order valence-corrected chi connectivity index (χ1v) is 6.47. The van der Waals surface area contributed by atoms with Gasteiger partial charge in [-0.3, -0.25) is 9.67 Å². The number of hydrogen-bond acceptors (Lipinski definition) is 3. The molecule has 0 aromatic carbocycles. The first-order valence-electron chi connectivity index (χ1n) is 6.47. The summed E-state index contributed by atoms with van der Waals surface area (Å²) in [6.45, 7) is 5.19. The summed E-state index contributed by atoms with van der Waals surface area (Å²) in [7, 11) is 0. The predicted octanol–water partition coefficient (Wildman–Crippen LogP) is 2.30. The van der Waals surface area contributed by atoms with Gasteiger partial charge in [0.1, 0.15) is 0 Å². The lowest BCUT2D eigenvalue weighted by Crippen LogP contribution is -2.13. The quantitative estimate of drug-likeness (QED) is 0.878. The highest BCUT2D eigenvalue weighted by molar-refractivity contribution is 5.33. The molecule has 0 aliphatic rings. The van der Waals surface area contributed by atoms with Gasteiger partial charge in [-0.05, 0) is 30.0 Å². The fourth-order valence-electron chi connectivity index (χ4n) is 2.11. The van der Waals surface area contributed by atoms with Gasteiger partial charge in [-0.1, -0.05) is 13.8 Å². The van der Waals surface area contributed by atoms with Crippen LogP contribution in [0.4, 0.5) is 0 Å². The molecular formula is C14H20N4. The van der Waals surface area contributed by atoms with E-state index >= 15 is 0 Å². The van der Waals surface area contributed by atoms with Gasteiger partial charge in [0.2, 0.25) is 0 Å². The number of aromatic nitrogens is 3. The number of aryl methyl sites for hydroxylation is 2. The van der Waals surface area contributed by atoms with Crippen LogP contribution in [0.15, 0.2) is 30.9 Å². The van der Waals surface area contributed by atoms with Crippen LogP contribution in [0.1, 0.15) is 43.0 Å². The normalized spacial score (nSPS) is 12.6. The average molecular weight is 244 g/mol. The van der Waals surface area contributed by atoms with Crippen LogP contribution >= 0.6 is 0 Å². The van der Waals surface area contributed by atoms with E-state index < -0.39 is 0 Å². The summed E-state index contributed by atoms with van der Waals surface area (Å²) in [5, 5.41) is 4.33. The van der Waals surface area contributed by atoms with E-state index in [1.165, 1.54) is 5.56 Å². The van der Waals surface area contributed by atoms with Crippen LogP contribution in [0.25, 0.3) is 0 Å². The standard InChI is InChI=1S/C14H20N4/c1-3-7-18-10-12(9-17-18)14(15)13-5-6-16-8-11(13)4-2/h5-6,8-10,14H,3-4,7,15H2,1-2H3. The van der Waals surface area contributed by atoms with Gasteiger partial charge in [0, 0.05) is 30.7 Å². The highest BCUT2D eigenvalue weighted by Crippen LogP contribution is 2.22. The zero-order valence-corrected chi connectivity index (χ0v) is 11.0. The summed E-state index contributed by atoms with van der Waals surface area (Å²) in [4.78, 5) is 4.15. The van der Waals surface area contributed by atoms with Gasteiger partial charge in [-0.2, -0.15) is 5.10 Å². The Bertz CT molecular complexity index is 504. The summed E-state index contributed by atoms with van der Waals surface area (Å²) in [6, 6.07) is 1.88. The number of hydrogen-bond donors (Lipinski definition) is 1. The lowest BCUT2D eigenvalue weighted by molar-refractivity contribution is 0.602. The molecule has 2 heterocycles. The van der Waals surface area contributed by atoms with E-state index in [0.717, 1.165) is 30.5 Å². The van der Waals surface area contributed by atoms with Crippen molar-refractivity contribution < 1.29 is 0 Å². The Labute approximate surface area is 108 Å². The van der Waals surface area contributed by atoms with Crippen molar-refractivity contribution in [2.24, 2.45) is 5.73 Å². The molecule has 0 aliphatic heterocycles. The Hall–Kier alpha value is -1.68. The first-order chi connectivity index (χ1) is 8.76. The largest absolute Gasteiger partial charge is 0.320 e. The van der Waals surface area contributed by atoms with Gasteiger partial charge in [-0.25, -0.2) is 0 Å². The third-order valence-electron chi connectivity index (χ3n) is 3.12. The molecule has 2 rings (SSSR count). The summed E-state index contributed by atoms with van der Waals surface area (Å²) >= 11 is 0. The van der Waals surface area contributed by atoms with Crippen molar-refractivity contribution >= 4 is 0 Å². The van der Waals surface area contributed by atoms with Gasteiger partial charge >= 0.3 is 0 Å². The van der Waals surface area contributed by atoms with Gasteiger partial charge in [0.15, 0.2) is 0 Å². The third-order valence-corrected chi connectivity index (χ3v) is 3.12. The van der Waals surface area contributed by atoms with Gasteiger partial charge in [-0.15, -0.1) is 0 Å². The van der Waals surface area contributed by atoms with E-state index in [-0.39, 0.29) is 6.04 Å². The maximum absolute atomic E-state index is 6.32. The van der Waals surface area contributed by atoms with Crippen LogP contribution < -0.4 is 5.73 Å². The Kier molecular flexibility index (Phi) is 4.10. The van der Waals surface area contributed by atoms with Crippen LogP contribution in [-0.4, -0.2) is 14.8 Å². The minimum atomic E-state index is -0.117. The number of nitrogens with zero attached hydrogens (tertiary/aromatic N) is 3. The molecule has 4 nitrogen and oxygen atoms in total. The summed E-state index contributed by atoms with van der Waals surface area (Å²) in [5.74, 6) is 0.